The van der Waals surface area contributed by atoms with E-state index in [0.29, 0.717) is 11.6 Å². The van der Waals surface area contributed by atoms with Gasteiger partial charge in [0.15, 0.2) is 11.6 Å². The number of H-pyrrole nitrogens is 1. The quantitative estimate of drug-likeness (QED) is 0.707. The van der Waals surface area contributed by atoms with Crippen LogP contribution in [-0.2, 0) is 0 Å². The molecular formula is C20H23N5O. The van der Waals surface area contributed by atoms with Gasteiger partial charge in [-0.3, -0.25) is 5.10 Å². The van der Waals surface area contributed by atoms with E-state index < -0.39 is 0 Å². The van der Waals surface area contributed by atoms with E-state index in [1.807, 2.05) is 48.5 Å². The topological polar surface area (TPSA) is 80.1 Å². The second-order valence-corrected chi connectivity index (χ2v) is 6.75. The molecule has 1 saturated heterocycles. The summed E-state index contributed by atoms with van der Waals surface area (Å²) in [5.41, 5.74) is 8.33. The molecule has 134 valence electrons. The Morgan fingerprint density at radius 1 is 1.08 bits per heavy atom. The van der Waals surface area contributed by atoms with Crippen molar-refractivity contribution in [3.05, 3.63) is 48.5 Å². The van der Waals surface area contributed by atoms with Crippen LogP contribution in [0.1, 0.15) is 12.8 Å². The first-order valence-corrected chi connectivity index (χ1v) is 8.92. The largest absolute Gasteiger partial charge is 0.490 e. The van der Waals surface area contributed by atoms with E-state index in [2.05, 4.69) is 27.1 Å². The monoisotopic (exact) mass is 349 g/mol. The first-order chi connectivity index (χ1) is 12.7. The lowest BCUT2D eigenvalue weighted by molar-refractivity contribution is 0.115. The Bertz CT molecular complexity index is 866. The molecule has 1 aromatic heterocycles. The predicted molar refractivity (Wildman–Crippen MR) is 103 cm³/mol. The standard InChI is InChI=1S/C20H23N5O/c1-25-12-10-16(11-13-25)26-18-5-3-2-4-17(18)20-22-19(23-24-20)14-6-8-15(21)9-7-14/h2-9,16H,10-13,21H2,1H3,(H,22,23,24). The van der Waals surface area contributed by atoms with Crippen LogP contribution in [0.3, 0.4) is 0 Å². The molecule has 1 aliphatic heterocycles. The maximum absolute atomic E-state index is 6.29. The van der Waals surface area contributed by atoms with Crippen molar-refractivity contribution in [1.29, 1.82) is 0 Å². The lowest BCUT2D eigenvalue weighted by Gasteiger charge is -2.29. The van der Waals surface area contributed by atoms with Crippen molar-refractivity contribution in [3.63, 3.8) is 0 Å². The lowest BCUT2D eigenvalue weighted by Crippen LogP contribution is -2.35. The highest BCUT2D eigenvalue weighted by atomic mass is 16.5. The van der Waals surface area contributed by atoms with Gasteiger partial charge in [-0.1, -0.05) is 12.1 Å². The van der Waals surface area contributed by atoms with Crippen LogP contribution in [0.25, 0.3) is 22.8 Å². The van der Waals surface area contributed by atoms with Crippen LogP contribution in [0.4, 0.5) is 5.69 Å². The van der Waals surface area contributed by atoms with Gasteiger partial charge < -0.3 is 15.4 Å². The van der Waals surface area contributed by atoms with Crippen molar-refractivity contribution < 1.29 is 4.74 Å². The Morgan fingerprint density at radius 2 is 1.81 bits per heavy atom. The molecule has 6 heteroatoms. The number of nitrogens with one attached hydrogen (secondary N) is 1. The van der Waals surface area contributed by atoms with Crippen LogP contribution in [-0.4, -0.2) is 46.3 Å². The molecule has 26 heavy (non-hydrogen) atoms. The van der Waals surface area contributed by atoms with Gasteiger partial charge in [0.25, 0.3) is 0 Å². The van der Waals surface area contributed by atoms with E-state index in [4.69, 9.17) is 10.5 Å². The minimum atomic E-state index is 0.242. The number of aromatic amines is 1. The minimum Gasteiger partial charge on any atom is -0.490 e. The number of ether oxygens (including phenoxy) is 1. The molecule has 3 aromatic rings. The van der Waals surface area contributed by atoms with Gasteiger partial charge in [0.2, 0.25) is 0 Å². The number of anilines is 1. The molecule has 0 bridgehead atoms. The molecule has 4 rings (SSSR count). The Balaban J connectivity index is 1.57. The first-order valence-electron chi connectivity index (χ1n) is 8.92. The smallest absolute Gasteiger partial charge is 0.181 e. The average Bonchev–Trinajstić information content (AvgIpc) is 3.15. The third-order valence-corrected chi connectivity index (χ3v) is 4.76. The highest BCUT2D eigenvalue weighted by molar-refractivity contribution is 5.67. The molecule has 3 N–H and O–H groups in total. The van der Waals surface area contributed by atoms with Crippen LogP contribution < -0.4 is 10.5 Å². The average molecular weight is 349 g/mol. The van der Waals surface area contributed by atoms with Crippen LogP contribution >= 0.6 is 0 Å². The van der Waals surface area contributed by atoms with E-state index >= 15 is 0 Å². The molecule has 0 amide bonds. The third kappa shape index (κ3) is 3.55. The Kier molecular flexibility index (Phi) is 4.58. The van der Waals surface area contributed by atoms with Crippen molar-refractivity contribution in [1.82, 2.24) is 20.1 Å². The molecular weight excluding hydrogens is 326 g/mol. The molecule has 2 aromatic carbocycles. The van der Waals surface area contributed by atoms with E-state index in [1.165, 1.54) is 0 Å². The number of para-hydroxylation sites is 1. The van der Waals surface area contributed by atoms with E-state index in [9.17, 15) is 0 Å². The fourth-order valence-electron chi connectivity index (χ4n) is 3.19. The van der Waals surface area contributed by atoms with Crippen molar-refractivity contribution in [3.8, 4) is 28.5 Å². The number of hydrogen-bond acceptors (Lipinski definition) is 5. The number of hydrogen-bond donors (Lipinski definition) is 2. The summed E-state index contributed by atoms with van der Waals surface area (Å²) in [5.74, 6) is 2.21. The van der Waals surface area contributed by atoms with Gasteiger partial charge >= 0.3 is 0 Å². The molecule has 0 radical (unpaired) electrons. The van der Waals surface area contributed by atoms with Crippen LogP contribution in [0.15, 0.2) is 48.5 Å². The zero-order chi connectivity index (χ0) is 17.9. The molecule has 0 saturated carbocycles. The van der Waals surface area contributed by atoms with Gasteiger partial charge in [-0.05, 0) is 56.3 Å². The van der Waals surface area contributed by atoms with Gasteiger partial charge in [-0.15, -0.1) is 0 Å². The Hall–Kier alpha value is -2.86. The van der Waals surface area contributed by atoms with Gasteiger partial charge in [-0.2, -0.15) is 5.10 Å². The fourth-order valence-corrected chi connectivity index (χ4v) is 3.19. The van der Waals surface area contributed by atoms with Gasteiger partial charge in [0.05, 0.1) is 5.56 Å². The number of benzene rings is 2. The number of nitrogen functional groups attached to an aromatic ring is 1. The lowest BCUT2D eigenvalue weighted by atomic mass is 10.1. The number of nitrogens with two attached hydrogens (primary N) is 1. The van der Waals surface area contributed by atoms with Crippen LogP contribution in [0, 0.1) is 0 Å². The molecule has 0 aliphatic carbocycles. The van der Waals surface area contributed by atoms with Crippen molar-refractivity contribution >= 4 is 5.69 Å². The first kappa shape index (κ1) is 16.6. The summed E-state index contributed by atoms with van der Waals surface area (Å²) in [6, 6.07) is 15.5. The summed E-state index contributed by atoms with van der Waals surface area (Å²) in [5, 5.41) is 7.39. The number of nitrogens with zero attached hydrogens (tertiary/aromatic N) is 3. The van der Waals surface area contributed by atoms with Crippen molar-refractivity contribution in [2.24, 2.45) is 0 Å². The molecule has 0 unspecified atom stereocenters. The second kappa shape index (κ2) is 7.17. The zero-order valence-electron chi connectivity index (χ0n) is 14.9. The summed E-state index contributed by atoms with van der Waals surface area (Å²) >= 11 is 0. The highest BCUT2D eigenvalue weighted by Crippen LogP contribution is 2.30. The molecule has 0 atom stereocenters. The van der Waals surface area contributed by atoms with Crippen molar-refractivity contribution in [2.75, 3.05) is 25.9 Å². The molecule has 0 spiro atoms. The summed E-state index contributed by atoms with van der Waals surface area (Å²) < 4.78 is 6.29. The molecule has 6 nitrogen and oxygen atoms in total. The fraction of sp³-hybridized carbons (Fsp3) is 0.300. The van der Waals surface area contributed by atoms with Crippen LogP contribution in [0.5, 0.6) is 5.75 Å². The maximum Gasteiger partial charge on any atom is 0.181 e. The number of likely N-dealkylation sites (tertiary alicyclic amines) is 1. The van der Waals surface area contributed by atoms with E-state index in [-0.39, 0.29) is 6.10 Å². The summed E-state index contributed by atoms with van der Waals surface area (Å²) in [4.78, 5) is 6.98. The second-order valence-electron chi connectivity index (χ2n) is 6.75. The number of piperidine rings is 1. The number of aromatic nitrogens is 3. The minimum absolute atomic E-state index is 0.242. The number of rotatable bonds is 4. The summed E-state index contributed by atoms with van der Waals surface area (Å²) in [6.45, 7) is 2.13. The zero-order valence-corrected chi connectivity index (χ0v) is 14.9. The van der Waals surface area contributed by atoms with E-state index in [1.54, 1.807) is 0 Å². The SMILES string of the molecule is CN1CCC(Oc2ccccc2-c2nc(-c3ccc(N)cc3)n[nH]2)CC1. The Morgan fingerprint density at radius 3 is 2.58 bits per heavy atom. The predicted octanol–water partition coefficient (Wildman–Crippen LogP) is 3.19. The molecule has 2 heterocycles. The van der Waals surface area contributed by atoms with Gasteiger partial charge in [0, 0.05) is 24.3 Å². The Labute approximate surface area is 153 Å². The van der Waals surface area contributed by atoms with Gasteiger partial charge in [-0.25, -0.2) is 4.98 Å². The molecule has 1 fully saturated rings. The van der Waals surface area contributed by atoms with E-state index in [0.717, 1.165) is 48.5 Å². The normalized spacial score (nSPS) is 15.9. The summed E-state index contributed by atoms with van der Waals surface area (Å²) in [7, 11) is 2.15. The molecule has 1 aliphatic rings. The van der Waals surface area contributed by atoms with Gasteiger partial charge in [0.1, 0.15) is 11.9 Å². The highest BCUT2D eigenvalue weighted by Gasteiger charge is 2.20. The van der Waals surface area contributed by atoms with Crippen LogP contribution in [0.2, 0.25) is 0 Å². The third-order valence-electron chi connectivity index (χ3n) is 4.76. The maximum atomic E-state index is 6.29. The summed E-state index contributed by atoms with van der Waals surface area (Å²) in [6.07, 6.45) is 2.32. The van der Waals surface area contributed by atoms with Crippen molar-refractivity contribution in [2.45, 2.75) is 18.9 Å².